The second-order valence-corrected chi connectivity index (χ2v) is 5.05. The van der Waals surface area contributed by atoms with Gasteiger partial charge in [-0.05, 0) is 40.8 Å². The fourth-order valence-electron chi connectivity index (χ4n) is 2.86. The molecule has 3 heteroatoms. The van der Waals surface area contributed by atoms with Crippen molar-refractivity contribution in [3.05, 3.63) is 53.6 Å². The van der Waals surface area contributed by atoms with Gasteiger partial charge in [0.25, 0.3) is 0 Å². The molecule has 3 nitrogen and oxygen atoms in total. The Morgan fingerprint density at radius 1 is 0.900 bits per heavy atom. The van der Waals surface area contributed by atoms with Gasteiger partial charge in [-0.2, -0.15) is 0 Å². The average molecular weight is 265 g/mol. The van der Waals surface area contributed by atoms with E-state index in [9.17, 15) is 9.59 Å². The fourth-order valence-corrected chi connectivity index (χ4v) is 2.86. The Morgan fingerprint density at radius 3 is 2.25 bits per heavy atom. The topological polar surface area (TPSA) is 37.4 Å². The van der Waals surface area contributed by atoms with Crippen molar-refractivity contribution in [3.63, 3.8) is 0 Å². The minimum Gasteiger partial charge on any atom is -0.274 e. The van der Waals surface area contributed by atoms with Gasteiger partial charge in [0.1, 0.15) is 0 Å². The lowest BCUT2D eigenvalue weighted by molar-refractivity contribution is -0.124. The maximum atomic E-state index is 11.6. The van der Waals surface area contributed by atoms with Gasteiger partial charge in [-0.3, -0.25) is 14.5 Å². The third-order valence-corrected chi connectivity index (χ3v) is 3.67. The molecular weight excluding hydrogens is 250 g/mol. The number of hydrogen-bond acceptors (Lipinski definition) is 2. The molecule has 3 rings (SSSR count). The summed E-state index contributed by atoms with van der Waals surface area (Å²) in [7, 11) is 0. The summed E-state index contributed by atoms with van der Waals surface area (Å²) in [5, 5.41) is 0. The number of amides is 2. The van der Waals surface area contributed by atoms with E-state index in [2.05, 4.69) is 12.1 Å². The Balaban J connectivity index is 2.06. The van der Waals surface area contributed by atoms with Crippen LogP contribution in [0.1, 0.15) is 25.0 Å². The summed E-state index contributed by atoms with van der Waals surface area (Å²) in [4.78, 5) is 24.4. The first-order valence-corrected chi connectivity index (χ1v) is 6.60. The Morgan fingerprint density at radius 2 is 1.55 bits per heavy atom. The molecule has 0 fully saturated rings. The first kappa shape index (κ1) is 12.6. The number of rotatable bonds is 1. The lowest BCUT2D eigenvalue weighted by Crippen LogP contribution is -2.33. The highest BCUT2D eigenvalue weighted by molar-refractivity contribution is 6.13. The van der Waals surface area contributed by atoms with Crippen LogP contribution in [0.5, 0.6) is 0 Å². The first-order valence-electron chi connectivity index (χ1n) is 6.60. The summed E-state index contributed by atoms with van der Waals surface area (Å²) in [6.45, 7) is 2.81. The van der Waals surface area contributed by atoms with E-state index in [4.69, 9.17) is 0 Å². The Labute approximate surface area is 117 Å². The van der Waals surface area contributed by atoms with Gasteiger partial charge >= 0.3 is 0 Å². The molecule has 0 unspecified atom stereocenters. The monoisotopic (exact) mass is 265 g/mol. The highest BCUT2D eigenvalue weighted by Gasteiger charge is 2.21. The van der Waals surface area contributed by atoms with Crippen LogP contribution in [0.3, 0.4) is 0 Å². The molecule has 0 heterocycles. The standard InChI is InChI=1S/C17H15NO2/c1-11(19)18(12(2)20)15-7-8-17-14(10-15)9-13-5-3-4-6-16(13)17/h3-8,10H,9H2,1-2H3. The quantitative estimate of drug-likeness (QED) is 0.677. The molecular formula is C17H15NO2. The number of carbonyl (C=O) groups is 2. The van der Waals surface area contributed by atoms with Crippen LogP contribution in [0.2, 0.25) is 0 Å². The zero-order chi connectivity index (χ0) is 14.3. The van der Waals surface area contributed by atoms with E-state index in [0.29, 0.717) is 5.69 Å². The van der Waals surface area contributed by atoms with E-state index in [0.717, 1.165) is 12.0 Å². The van der Waals surface area contributed by atoms with Gasteiger partial charge in [0.05, 0.1) is 5.69 Å². The van der Waals surface area contributed by atoms with Crippen molar-refractivity contribution < 1.29 is 9.59 Å². The molecule has 0 radical (unpaired) electrons. The molecule has 0 aliphatic heterocycles. The summed E-state index contributed by atoms with van der Waals surface area (Å²) < 4.78 is 0. The maximum absolute atomic E-state index is 11.6. The molecule has 2 aromatic rings. The lowest BCUT2D eigenvalue weighted by atomic mass is 10.1. The van der Waals surface area contributed by atoms with Crippen molar-refractivity contribution in [3.8, 4) is 11.1 Å². The second kappa shape index (κ2) is 4.60. The predicted molar refractivity (Wildman–Crippen MR) is 78.5 cm³/mol. The molecule has 0 saturated carbocycles. The largest absolute Gasteiger partial charge is 0.274 e. The summed E-state index contributed by atoms with van der Waals surface area (Å²) in [6, 6.07) is 14.1. The SMILES string of the molecule is CC(=O)N(C(C)=O)c1ccc2c(c1)Cc1ccccc1-2. The van der Waals surface area contributed by atoms with Gasteiger partial charge in [0.15, 0.2) is 0 Å². The average Bonchev–Trinajstić information content (AvgIpc) is 2.75. The number of imide groups is 1. The van der Waals surface area contributed by atoms with Gasteiger partial charge in [-0.15, -0.1) is 0 Å². The van der Waals surface area contributed by atoms with Gasteiger partial charge < -0.3 is 0 Å². The summed E-state index contributed by atoms with van der Waals surface area (Å²) in [5.74, 6) is -0.513. The number of carbonyl (C=O) groups excluding carboxylic acids is 2. The molecule has 0 spiro atoms. The normalized spacial score (nSPS) is 11.7. The summed E-state index contributed by atoms with van der Waals surface area (Å²) in [6.07, 6.45) is 0.850. The minimum absolute atomic E-state index is 0.257. The number of nitrogens with zero attached hydrogens (tertiary/aromatic N) is 1. The van der Waals surface area contributed by atoms with E-state index in [1.807, 2.05) is 30.3 Å². The van der Waals surface area contributed by atoms with Crippen LogP contribution in [0, 0.1) is 0 Å². The van der Waals surface area contributed by atoms with Crippen LogP contribution in [0.25, 0.3) is 11.1 Å². The van der Waals surface area contributed by atoms with Gasteiger partial charge in [0, 0.05) is 13.8 Å². The van der Waals surface area contributed by atoms with Crippen LogP contribution < -0.4 is 4.90 Å². The van der Waals surface area contributed by atoms with Gasteiger partial charge in [-0.1, -0.05) is 30.3 Å². The molecule has 0 atom stereocenters. The molecule has 1 aliphatic rings. The molecule has 0 bridgehead atoms. The third-order valence-electron chi connectivity index (χ3n) is 3.67. The van der Waals surface area contributed by atoms with E-state index in [1.54, 1.807) is 0 Å². The van der Waals surface area contributed by atoms with Crippen LogP contribution in [-0.2, 0) is 16.0 Å². The van der Waals surface area contributed by atoms with Crippen molar-refractivity contribution >= 4 is 17.5 Å². The predicted octanol–water partition coefficient (Wildman–Crippen LogP) is 3.16. The zero-order valence-corrected chi connectivity index (χ0v) is 11.5. The first-order chi connectivity index (χ1) is 9.58. The maximum Gasteiger partial charge on any atom is 0.230 e. The highest BCUT2D eigenvalue weighted by atomic mass is 16.2. The van der Waals surface area contributed by atoms with Crippen molar-refractivity contribution in [1.82, 2.24) is 0 Å². The number of benzene rings is 2. The molecule has 0 aromatic heterocycles. The van der Waals surface area contributed by atoms with Crippen molar-refractivity contribution in [2.24, 2.45) is 0 Å². The van der Waals surface area contributed by atoms with Crippen molar-refractivity contribution in [2.75, 3.05) is 4.90 Å². The van der Waals surface area contributed by atoms with E-state index < -0.39 is 0 Å². The summed E-state index contributed by atoms with van der Waals surface area (Å²) in [5.41, 5.74) is 5.53. The molecule has 0 N–H and O–H groups in total. The number of fused-ring (bicyclic) bond motifs is 3. The molecule has 100 valence electrons. The highest BCUT2D eigenvalue weighted by Crippen LogP contribution is 2.38. The van der Waals surface area contributed by atoms with Crippen LogP contribution in [0.4, 0.5) is 5.69 Å². The Hall–Kier alpha value is -2.42. The lowest BCUT2D eigenvalue weighted by Gasteiger charge is -2.18. The summed E-state index contributed by atoms with van der Waals surface area (Å²) >= 11 is 0. The molecule has 2 amide bonds. The minimum atomic E-state index is -0.257. The van der Waals surface area contributed by atoms with E-state index in [-0.39, 0.29) is 11.8 Å². The Bertz CT molecular complexity index is 705. The smallest absolute Gasteiger partial charge is 0.230 e. The van der Waals surface area contributed by atoms with E-state index in [1.165, 1.54) is 35.4 Å². The zero-order valence-electron chi connectivity index (χ0n) is 11.5. The Kier molecular flexibility index (Phi) is 2.90. The van der Waals surface area contributed by atoms with Crippen molar-refractivity contribution in [1.29, 1.82) is 0 Å². The number of hydrogen-bond donors (Lipinski definition) is 0. The van der Waals surface area contributed by atoms with Gasteiger partial charge in [-0.25, -0.2) is 0 Å². The second-order valence-electron chi connectivity index (χ2n) is 5.05. The van der Waals surface area contributed by atoms with Crippen LogP contribution in [-0.4, -0.2) is 11.8 Å². The van der Waals surface area contributed by atoms with Gasteiger partial charge in [0.2, 0.25) is 11.8 Å². The number of anilines is 1. The van der Waals surface area contributed by atoms with E-state index >= 15 is 0 Å². The van der Waals surface area contributed by atoms with Crippen LogP contribution >= 0.6 is 0 Å². The fraction of sp³-hybridized carbons (Fsp3) is 0.176. The molecule has 20 heavy (non-hydrogen) atoms. The molecule has 2 aromatic carbocycles. The molecule has 0 saturated heterocycles. The third kappa shape index (κ3) is 1.92. The van der Waals surface area contributed by atoms with Crippen molar-refractivity contribution in [2.45, 2.75) is 20.3 Å². The molecule has 1 aliphatic carbocycles. The van der Waals surface area contributed by atoms with Crippen LogP contribution in [0.15, 0.2) is 42.5 Å².